The van der Waals surface area contributed by atoms with Crippen LogP contribution in [0, 0.1) is 0 Å². The van der Waals surface area contributed by atoms with E-state index in [9.17, 15) is 9.59 Å². The molecule has 1 aromatic rings. The van der Waals surface area contributed by atoms with Gasteiger partial charge in [-0.15, -0.1) is 0 Å². The Morgan fingerprint density at radius 3 is 2.70 bits per heavy atom. The van der Waals surface area contributed by atoms with E-state index in [0.717, 1.165) is 0 Å². The van der Waals surface area contributed by atoms with Crippen LogP contribution in [0.2, 0.25) is 0 Å². The minimum atomic E-state index is -0.285. The van der Waals surface area contributed by atoms with Gasteiger partial charge in [-0.25, -0.2) is 4.79 Å². The van der Waals surface area contributed by atoms with Gasteiger partial charge in [-0.2, -0.15) is 0 Å². The van der Waals surface area contributed by atoms with Gasteiger partial charge >= 0.3 is 6.09 Å². The number of amides is 2. The molecular formula is C13H17BrN2O4. The molecule has 1 N–H and O–H groups in total. The molecule has 2 heterocycles. The molecule has 20 heavy (non-hydrogen) atoms. The largest absolute Gasteiger partial charge is 0.450 e. The summed E-state index contributed by atoms with van der Waals surface area (Å²) in [6.07, 6.45) is 1.14. The predicted molar refractivity (Wildman–Crippen MR) is 75.5 cm³/mol. The number of likely N-dealkylation sites (tertiary alicyclic amines) is 1. The minimum Gasteiger partial charge on any atom is -0.450 e. The lowest BCUT2D eigenvalue weighted by atomic mass is 10.1. The van der Waals surface area contributed by atoms with Crippen molar-refractivity contribution in [2.75, 3.05) is 19.7 Å². The molecule has 1 aromatic heterocycles. The van der Waals surface area contributed by atoms with Crippen molar-refractivity contribution in [2.24, 2.45) is 0 Å². The summed E-state index contributed by atoms with van der Waals surface area (Å²) in [6, 6.07) is 3.35. The average molecular weight is 345 g/mol. The molecule has 1 saturated heterocycles. The van der Waals surface area contributed by atoms with Crippen LogP contribution in [-0.2, 0) is 4.74 Å². The maximum absolute atomic E-state index is 11.9. The van der Waals surface area contributed by atoms with E-state index in [0.29, 0.717) is 37.2 Å². The van der Waals surface area contributed by atoms with Gasteiger partial charge in [0.2, 0.25) is 0 Å². The summed E-state index contributed by atoms with van der Waals surface area (Å²) in [6.45, 7) is 3.34. The molecule has 6 nitrogen and oxygen atoms in total. The summed E-state index contributed by atoms with van der Waals surface area (Å²) in [7, 11) is 0. The lowest BCUT2D eigenvalue weighted by molar-refractivity contribution is 0.0839. The number of halogens is 1. The van der Waals surface area contributed by atoms with E-state index in [-0.39, 0.29) is 23.8 Å². The molecule has 110 valence electrons. The Labute approximate surface area is 125 Å². The van der Waals surface area contributed by atoms with Crippen LogP contribution in [0.4, 0.5) is 4.79 Å². The fourth-order valence-electron chi connectivity index (χ4n) is 2.11. The molecule has 0 bridgehead atoms. The third kappa shape index (κ3) is 3.75. The predicted octanol–water partition coefficient (Wildman–Crippen LogP) is 2.39. The maximum Gasteiger partial charge on any atom is 0.409 e. The van der Waals surface area contributed by atoms with E-state index in [4.69, 9.17) is 9.15 Å². The molecular weight excluding hydrogens is 328 g/mol. The minimum absolute atomic E-state index is 0.0528. The second-order valence-electron chi connectivity index (χ2n) is 4.54. The van der Waals surface area contributed by atoms with Gasteiger partial charge < -0.3 is 19.4 Å². The van der Waals surface area contributed by atoms with Crippen LogP contribution in [-0.4, -0.2) is 42.6 Å². The molecule has 1 aliphatic rings. The Balaban J connectivity index is 1.80. The van der Waals surface area contributed by atoms with Gasteiger partial charge in [0.1, 0.15) is 0 Å². The van der Waals surface area contributed by atoms with Crippen molar-refractivity contribution in [1.82, 2.24) is 10.2 Å². The second kappa shape index (κ2) is 6.78. The number of hydrogen-bond donors (Lipinski definition) is 1. The summed E-state index contributed by atoms with van der Waals surface area (Å²) in [4.78, 5) is 25.1. The first-order chi connectivity index (χ1) is 9.60. The Kier molecular flexibility index (Phi) is 5.05. The normalized spacial score (nSPS) is 16.0. The van der Waals surface area contributed by atoms with Gasteiger partial charge in [-0.05, 0) is 47.8 Å². The molecule has 0 unspecified atom stereocenters. The lowest BCUT2D eigenvalue weighted by Gasteiger charge is -2.31. The number of nitrogens with one attached hydrogen (secondary N) is 1. The van der Waals surface area contributed by atoms with E-state index in [1.54, 1.807) is 24.0 Å². The SMILES string of the molecule is CCOC(=O)N1CCC(NC(=O)c2ccc(Br)o2)CC1. The van der Waals surface area contributed by atoms with Gasteiger partial charge in [-0.1, -0.05) is 0 Å². The zero-order chi connectivity index (χ0) is 14.5. The number of carbonyl (C=O) groups excluding carboxylic acids is 2. The highest BCUT2D eigenvalue weighted by molar-refractivity contribution is 9.10. The Bertz CT molecular complexity index is 480. The van der Waals surface area contributed by atoms with Crippen molar-refractivity contribution < 1.29 is 18.7 Å². The van der Waals surface area contributed by atoms with Gasteiger partial charge in [-0.3, -0.25) is 4.79 Å². The fraction of sp³-hybridized carbons (Fsp3) is 0.538. The van der Waals surface area contributed by atoms with E-state index < -0.39 is 0 Å². The molecule has 0 spiro atoms. The highest BCUT2D eigenvalue weighted by atomic mass is 79.9. The van der Waals surface area contributed by atoms with Gasteiger partial charge in [0.15, 0.2) is 10.4 Å². The van der Waals surface area contributed by atoms with Crippen molar-refractivity contribution in [3.63, 3.8) is 0 Å². The van der Waals surface area contributed by atoms with Crippen LogP contribution in [0.3, 0.4) is 0 Å². The van der Waals surface area contributed by atoms with Crippen LogP contribution in [0.1, 0.15) is 30.3 Å². The van der Waals surface area contributed by atoms with E-state index in [1.807, 2.05) is 0 Å². The Morgan fingerprint density at radius 2 is 2.15 bits per heavy atom. The van der Waals surface area contributed by atoms with Crippen molar-refractivity contribution in [3.8, 4) is 0 Å². The van der Waals surface area contributed by atoms with Crippen molar-refractivity contribution in [3.05, 3.63) is 22.6 Å². The molecule has 0 atom stereocenters. The van der Waals surface area contributed by atoms with Crippen LogP contribution in [0.15, 0.2) is 21.2 Å². The number of nitrogens with zero attached hydrogens (tertiary/aromatic N) is 1. The quantitative estimate of drug-likeness (QED) is 0.913. The van der Waals surface area contributed by atoms with E-state index in [1.165, 1.54) is 0 Å². The third-order valence-electron chi connectivity index (χ3n) is 3.15. The second-order valence-corrected chi connectivity index (χ2v) is 5.32. The standard InChI is InChI=1S/C13H17BrN2O4/c1-2-19-13(18)16-7-5-9(6-8-16)15-12(17)10-3-4-11(14)20-10/h3-4,9H,2,5-8H2,1H3,(H,15,17). The number of rotatable bonds is 3. The molecule has 2 amide bonds. The maximum atomic E-state index is 11.9. The van der Waals surface area contributed by atoms with Crippen LogP contribution >= 0.6 is 15.9 Å². The van der Waals surface area contributed by atoms with Crippen molar-refractivity contribution in [1.29, 1.82) is 0 Å². The van der Waals surface area contributed by atoms with E-state index in [2.05, 4.69) is 21.2 Å². The third-order valence-corrected chi connectivity index (χ3v) is 3.58. The summed E-state index contributed by atoms with van der Waals surface area (Å²) in [5.41, 5.74) is 0. The molecule has 0 radical (unpaired) electrons. The zero-order valence-electron chi connectivity index (χ0n) is 11.2. The Morgan fingerprint density at radius 1 is 1.45 bits per heavy atom. The van der Waals surface area contributed by atoms with Crippen LogP contribution in [0.25, 0.3) is 0 Å². The van der Waals surface area contributed by atoms with E-state index >= 15 is 0 Å². The molecule has 7 heteroatoms. The Hall–Kier alpha value is -1.50. The van der Waals surface area contributed by atoms with Gasteiger partial charge in [0, 0.05) is 19.1 Å². The van der Waals surface area contributed by atoms with Gasteiger partial charge in [0.05, 0.1) is 6.61 Å². The summed E-state index contributed by atoms with van der Waals surface area (Å²) >= 11 is 3.16. The number of furan rings is 1. The first-order valence-electron chi connectivity index (χ1n) is 6.58. The summed E-state index contributed by atoms with van der Waals surface area (Å²) in [5, 5.41) is 2.91. The van der Waals surface area contributed by atoms with Gasteiger partial charge in [0.25, 0.3) is 5.91 Å². The van der Waals surface area contributed by atoms with Crippen molar-refractivity contribution >= 4 is 27.9 Å². The topological polar surface area (TPSA) is 71.8 Å². The number of piperidine rings is 1. The summed E-state index contributed by atoms with van der Waals surface area (Å²) in [5.74, 6) is 0.0509. The summed E-state index contributed by atoms with van der Waals surface area (Å²) < 4.78 is 10.7. The van der Waals surface area contributed by atoms with Crippen molar-refractivity contribution in [2.45, 2.75) is 25.8 Å². The first kappa shape index (κ1) is 14.9. The van der Waals surface area contributed by atoms with Crippen LogP contribution < -0.4 is 5.32 Å². The highest BCUT2D eigenvalue weighted by Gasteiger charge is 2.25. The first-order valence-corrected chi connectivity index (χ1v) is 7.37. The molecule has 1 fully saturated rings. The average Bonchev–Trinajstić information content (AvgIpc) is 2.86. The number of carbonyl (C=O) groups is 2. The molecule has 1 aliphatic heterocycles. The molecule has 2 rings (SSSR count). The monoisotopic (exact) mass is 344 g/mol. The number of ether oxygens (including phenoxy) is 1. The molecule has 0 aliphatic carbocycles. The smallest absolute Gasteiger partial charge is 0.409 e. The molecule has 0 saturated carbocycles. The molecule has 0 aromatic carbocycles. The highest BCUT2D eigenvalue weighted by Crippen LogP contribution is 2.16. The number of hydrogen-bond acceptors (Lipinski definition) is 4. The zero-order valence-corrected chi connectivity index (χ0v) is 12.8. The lowest BCUT2D eigenvalue weighted by Crippen LogP contribution is -2.46. The fourth-order valence-corrected chi connectivity index (χ4v) is 2.42. The van der Waals surface area contributed by atoms with Crippen LogP contribution in [0.5, 0.6) is 0 Å².